The van der Waals surface area contributed by atoms with Crippen LogP contribution in [0, 0.1) is 0 Å². The molecule has 0 radical (unpaired) electrons. The highest BCUT2D eigenvalue weighted by molar-refractivity contribution is 7.52. The third-order valence-corrected chi connectivity index (χ3v) is 8.67. The number of nitrogens with one attached hydrogen (secondary N) is 2. The Hall–Kier alpha value is -3.13. The Morgan fingerprint density at radius 1 is 1.30 bits per heavy atom. The van der Waals surface area contributed by atoms with Crippen molar-refractivity contribution < 1.29 is 37.4 Å². The van der Waals surface area contributed by atoms with Crippen molar-refractivity contribution in [2.24, 2.45) is 0 Å². The number of aliphatic hydroxyl groups is 1. The van der Waals surface area contributed by atoms with E-state index >= 15 is 4.39 Å². The van der Waals surface area contributed by atoms with E-state index in [0.717, 1.165) is 34.2 Å². The maximum absolute atomic E-state index is 15.5. The highest BCUT2D eigenvalue weighted by Gasteiger charge is 2.55. The molecule has 0 bridgehead atoms. The van der Waals surface area contributed by atoms with Crippen LogP contribution in [0.4, 0.5) is 4.39 Å². The number of hydrogen-bond donors (Lipinski definition) is 3. The molecule has 3 heterocycles. The molecule has 216 valence electrons. The van der Waals surface area contributed by atoms with Crippen LogP contribution in [0.1, 0.15) is 27.0 Å². The summed E-state index contributed by atoms with van der Waals surface area (Å²) < 4.78 is 51.9. The predicted octanol–water partition coefficient (Wildman–Crippen LogP) is 3.00. The Kier molecular flexibility index (Phi) is 9.08. The molecule has 1 aliphatic rings. The summed E-state index contributed by atoms with van der Waals surface area (Å²) in [5, 5.41) is 15.1. The SMILES string of the molecule is CCOC(=O)[C@H](C)NP(=O)(OC[C@H]1O[C@@H](n2ccc(=O)[nH]c2=O)[C@](C)(F)[C@@H]1O)Oc1ccc(-c2cccs2)cc1. The van der Waals surface area contributed by atoms with Gasteiger partial charge in [0.05, 0.1) is 13.2 Å². The van der Waals surface area contributed by atoms with Gasteiger partial charge in [0.15, 0.2) is 11.9 Å². The van der Waals surface area contributed by atoms with E-state index in [-0.39, 0.29) is 12.4 Å². The molecule has 6 atom stereocenters. The summed E-state index contributed by atoms with van der Waals surface area (Å²) in [7, 11) is -4.36. The minimum absolute atomic E-state index is 0.0871. The number of carbonyl (C=O) groups is 1. The van der Waals surface area contributed by atoms with E-state index in [1.165, 1.54) is 6.92 Å². The van der Waals surface area contributed by atoms with Crippen LogP contribution < -0.4 is 20.9 Å². The van der Waals surface area contributed by atoms with E-state index < -0.39 is 61.7 Å². The Morgan fingerprint density at radius 2 is 2.02 bits per heavy atom. The molecule has 4 rings (SSSR count). The monoisotopic (exact) mass is 597 g/mol. The normalized spacial score (nSPS) is 24.8. The number of hydrogen-bond acceptors (Lipinski definition) is 10. The number of nitrogens with zero attached hydrogens (tertiary/aromatic N) is 1. The summed E-state index contributed by atoms with van der Waals surface area (Å²) in [6.45, 7) is 3.47. The maximum Gasteiger partial charge on any atom is 0.459 e. The van der Waals surface area contributed by atoms with Crippen molar-refractivity contribution >= 4 is 25.1 Å². The molecule has 40 heavy (non-hydrogen) atoms. The maximum atomic E-state index is 15.5. The number of esters is 1. The van der Waals surface area contributed by atoms with Crippen molar-refractivity contribution in [1.29, 1.82) is 0 Å². The van der Waals surface area contributed by atoms with Crippen LogP contribution >= 0.6 is 19.1 Å². The number of ether oxygens (including phenoxy) is 2. The predicted molar refractivity (Wildman–Crippen MR) is 144 cm³/mol. The Labute approximate surface area is 232 Å². The lowest BCUT2D eigenvalue weighted by Gasteiger charge is -2.25. The molecule has 12 nitrogen and oxygen atoms in total. The Bertz CT molecular complexity index is 1480. The zero-order valence-electron chi connectivity index (χ0n) is 21.8. The number of aliphatic hydroxyl groups excluding tert-OH is 1. The molecule has 0 spiro atoms. The molecule has 1 unspecified atom stereocenters. The molecule has 2 aromatic heterocycles. The summed E-state index contributed by atoms with van der Waals surface area (Å²) in [6.07, 6.45) is -3.82. The highest BCUT2D eigenvalue weighted by Crippen LogP contribution is 2.47. The van der Waals surface area contributed by atoms with Gasteiger partial charge in [-0.1, -0.05) is 6.07 Å². The largest absolute Gasteiger partial charge is 0.465 e. The molecule has 0 amide bonds. The Balaban J connectivity index is 1.53. The third-order valence-electron chi connectivity index (χ3n) is 6.11. The van der Waals surface area contributed by atoms with Crippen molar-refractivity contribution in [3.8, 4) is 16.2 Å². The highest BCUT2D eigenvalue weighted by atomic mass is 32.1. The number of thiophene rings is 1. The van der Waals surface area contributed by atoms with Crippen LogP contribution in [0.5, 0.6) is 5.75 Å². The molecule has 0 aliphatic carbocycles. The molecule has 1 saturated heterocycles. The average molecular weight is 598 g/mol. The number of benzene rings is 1. The van der Waals surface area contributed by atoms with Crippen LogP contribution in [0.15, 0.2) is 63.6 Å². The van der Waals surface area contributed by atoms with Gasteiger partial charge in [-0.2, -0.15) is 5.09 Å². The number of aromatic nitrogens is 2. The second-order valence-electron chi connectivity index (χ2n) is 9.13. The van der Waals surface area contributed by atoms with Crippen LogP contribution in [0.3, 0.4) is 0 Å². The molecular formula is C25H29FN3O9PS. The van der Waals surface area contributed by atoms with Crippen molar-refractivity contribution in [3.05, 3.63) is 74.9 Å². The first-order chi connectivity index (χ1) is 18.9. The zero-order chi connectivity index (χ0) is 29.1. The lowest BCUT2D eigenvalue weighted by atomic mass is 9.98. The summed E-state index contributed by atoms with van der Waals surface area (Å²) in [6, 6.07) is 10.4. The summed E-state index contributed by atoms with van der Waals surface area (Å²) in [4.78, 5) is 38.8. The van der Waals surface area contributed by atoms with Gasteiger partial charge in [0.1, 0.15) is 24.0 Å². The molecule has 0 saturated carbocycles. The first-order valence-corrected chi connectivity index (χ1v) is 14.7. The summed E-state index contributed by atoms with van der Waals surface area (Å²) in [5.74, 6) is -0.568. The van der Waals surface area contributed by atoms with Crippen molar-refractivity contribution in [1.82, 2.24) is 14.6 Å². The molecule has 15 heteroatoms. The van der Waals surface area contributed by atoms with E-state index in [2.05, 4.69) is 5.09 Å². The molecule has 1 aliphatic heterocycles. The zero-order valence-corrected chi connectivity index (χ0v) is 23.5. The number of carbonyl (C=O) groups excluding carboxylic acids is 1. The average Bonchev–Trinajstić information content (AvgIpc) is 3.51. The molecule has 1 fully saturated rings. The number of H-pyrrole nitrogens is 1. The number of halogens is 1. The van der Waals surface area contributed by atoms with Crippen LogP contribution in [-0.2, 0) is 23.4 Å². The van der Waals surface area contributed by atoms with Gasteiger partial charge in [0.25, 0.3) is 5.56 Å². The first-order valence-electron chi connectivity index (χ1n) is 12.3. The van der Waals surface area contributed by atoms with E-state index in [1.54, 1.807) is 42.5 Å². The minimum Gasteiger partial charge on any atom is -0.465 e. The van der Waals surface area contributed by atoms with E-state index in [1.807, 2.05) is 22.5 Å². The van der Waals surface area contributed by atoms with Crippen LogP contribution in [0.25, 0.3) is 10.4 Å². The number of aromatic amines is 1. The lowest BCUT2D eigenvalue weighted by Crippen LogP contribution is -2.43. The van der Waals surface area contributed by atoms with Gasteiger partial charge in [0.2, 0.25) is 0 Å². The van der Waals surface area contributed by atoms with Gasteiger partial charge in [-0.15, -0.1) is 11.3 Å². The number of alkyl halides is 1. The van der Waals surface area contributed by atoms with E-state index in [4.69, 9.17) is 18.5 Å². The first kappa shape index (κ1) is 29.8. The topological polar surface area (TPSA) is 158 Å². The van der Waals surface area contributed by atoms with Gasteiger partial charge in [0, 0.05) is 17.1 Å². The van der Waals surface area contributed by atoms with Crippen molar-refractivity contribution in [2.75, 3.05) is 13.2 Å². The van der Waals surface area contributed by atoms with Gasteiger partial charge >= 0.3 is 19.4 Å². The fourth-order valence-corrected chi connectivity index (χ4v) is 6.28. The van der Waals surface area contributed by atoms with E-state index in [9.17, 15) is 24.1 Å². The summed E-state index contributed by atoms with van der Waals surface area (Å²) >= 11 is 1.54. The molecule has 1 aromatic carbocycles. The van der Waals surface area contributed by atoms with Crippen LogP contribution in [-0.4, -0.2) is 57.8 Å². The number of rotatable bonds is 11. The van der Waals surface area contributed by atoms with Gasteiger partial charge in [-0.25, -0.2) is 13.8 Å². The van der Waals surface area contributed by atoms with Crippen molar-refractivity contribution in [2.45, 2.75) is 50.9 Å². The lowest BCUT2D eigenvalue weighted by molar-refractivity contribution is -0.144. The second kappa shape index (κ2) is 12.2. The fraction of sp³-hybridized carbons (Fsp3) is 0.400. The van der Waals surface area contributed by atoms with Gasteiger partial charge in [-0.05, 0) is 62.0 Å². The second-order valence-corrected chi connectivity index (χ2v) is 11.8. The molecule has 3 aromatic rings. The Morgan fingerprint density at radius 3 is 2.65 bits per heavy atom. The minimum atomic E-state index is -4.36. The summed E-state index contributed by atoms with van der Waals surface area (Å²) in [5.41, 5.74) is -3.23. The fourth-order valence-electron chi connectivity index (χ4n) is 4.04. The standard InChI is InChI=1S/C25H29FN3O9PS/c1-4-35-22(32)15(2)28-39(34,38-17-9-7-16(8-10-17)19-6-5-13-40-19)36-14-18-21(31)25(3,26)23(37-18)29-12-11-20(30)27-24(29)33/h5-13,15,18,21,23,31H,4,14H2,1-3H3,(H,28,34)(H,27,30,33)/t15-,18+,21+,23+,25+,39?/m0/s1. The van der Waals surface area contributed by atoms with Gasteiger partial charge < -0.3 is 19.1 Å². The van der Waals surface area contributed by atoms with Crippen LogP contribution in [0.2, 0.25) is 0 Å². The third kappa shape index (κ3) is 6.60. The van der Waals surface area contributed by atoms with E-state index in [0.29, 0.717) is 0 Å². The van der Waals surface area contributed by atoms with Gasteiger partial charge in [-0.3, -0.25) is 23.7 Å². The molecule has 3 N–H and O–H groups in total. The quantitative estimate of drug-likeness (QED) is 0.222. The molecular weight excluding hydrogens is 568 g/mol. The van der Waals surface area contributed by atoms with Crippen molar-refractivity contribution in [3.63, 3.8) is 0 Å². The smallest absolute Gasteiger partial charge is 0.459 e.